The number of carbonyl (C=O) groups excluding carboxylic acids is 2. The van der Waals surface area contributed by atoms with Crippen molar-refractivity contribution in [3.05, 3.63) is 35.6 Å². The van der Waals surface area contributed by atoms with E-state index in [0.29, 0.717) is 25.9 Å². The third-order valence-electron chi connectivity index (χ3n) is 4.75. The van der Waals surface area contributed by atoms with E-state index < -0.39 is 6.04 Å². The number of carbonyl (C=O) groups is 2. The van der Waals surface area contributed by atoms with Gasteiger partial charge in [0.25, 0.3) is 0 Å². The Labute approximate surface area is 135 Å². The summed E-state index contributed by atoms with van der Waals surface area (Å²) >= 11 is 0. The molecular formula is C17H22FN3O2. The van der Waals surface area contributed by atoms with Crippen molar-refractivity contribution >= 4 is 11.9 Å². The number of urea groups is 1. The van der Waals surface area contributed by atoms with Crippen LogP contribution in [0, 0.1) is 5.82 Å². The molecule has 1 aromatic rings. The minimum Gasteiger partial charge on any atom is -0.344 e. The SMILES string of the molecule is CN1CCC(NC(=O)N2CCCC2Cc2ccc(F)cc2)C1=O. The van der Waals surface area contributed by atoms with Crippen molar-refractivity contribution in [2.45, 2.75) is 37.8 Å². The summed E-state index contributed by atoms with van der Waals surface area (Å²) < 4.78 is 13.0. The van der Waals surface area contributed by atoms with Gasteiger partial charge in [-0.25, -0.2) is 9.18 Å². The lowest BCUT2D eigenvalue weighted by Crippen LogP contribution is -2.49. The number of likely N-dealkylation sites (N-methyl/N-ethyl adjacent to an activating group) is 1. The fraction of sp³-hybridized carbons (Fsp3) is 0.529. The van der Waals surface area contributed by atoms with Gasteiger partial charge in [-0.1, -0.05) is 12.1 Å². The molecule has 2 atom stereocenters. The maximum absolute atomic E-state index is 13.0. The standard InChI is InChI=1S/C17H22FN3O2/c1-20-10-8-15(16(20)22)19-17(23)21-9-2-3-14(21)11-12-4-6-13(18)7-5-12/h4-7,14-15H,2-3,8-11H2,1H3,(H,19,23). The molecule has 3 rings (SSSR count). The molecule has 2 fully saturated rings. The fourth-order valence-electron chi connectivity index (χ4n) is 3.40. The topological polar surface area (TPSA) is 52.7 Å². The predicted octanol–water partition coefficient (Wildman–Crippen LogP) is 1.77. The molecule has 1 aromatic carbocycles. The number of nitrogens with one attached hydrogen (secondary N) is 1. The summed E-state index contributed by atoms with van der Waals surface area (Å²) in [6.07, 6.45) is 3.27. The summed E-state index contributed by atoms with van der Waals surface area (Å²) in [5.41, 5.74) is 1.02. The zero-order chi connectivity index (χ0) is 16.4. The fourth-order valence-corrected chi connectivity index (χ4v) is 3.40. The molecule has 2 heterocycles. The highest BCUT2D eigenvalue weighted by molar-refractivity contribution is 5.88. The van der Waals surface area contributed by atoms with E-state index in [1.807, 2.05) is 4.90 Å². The highest BCUT2D eigenvalue weighted by atomic mass is 19.1. The van der Waals surface area contributed by atoms with Crippen LogP contribution >= 0.6 is 0 Å². The smallest absolute Gasteiger partial charge is 0.318 e. The predicted molar refractivity (Wildman–Crippen MR) is 84.4 cm³/mol. The van der Waals surface area contributed by atoms with E-state index in [1.54, 1.807) is 24.1 Å². The van der Waals surface area contributed by atoms with Gasteiger partial charge in [-0.3, -0.25) is 4.79 Å². The zero-order valence-corrected chi connectivity index (χ0v) is 13.3. The third-order valence-corrected chi connectivity index (χ3v) is 4.75. The number of hydrogen-bond acceptors (Lipinski definition) is 2. The molecule has 2 aliphatic heterocycles. The highest BCUT2D eigenvalue weighted by Crippen LogP contribution is 2.22. The lowest BCUT2D eigenvalue weighted by Gasteiger charge is -2.26. The first-order chi connectivity index (χ1) is 11.0. The number of halogens is 1. The van der Waals surface area contributed by atoms with Gasteiger partial charge in [0, 0.05) is 26.2 Å². The summed E-state index contributed by atoms with van der Waals surface area (Å²) in [5.74, 6) is -0.272. The van der Waals surface area contributed by atoms with E-state index >= 15 is 0 Å². The zero-order valence-electron chi connectivity index (χ0n) is 13.3. The molecule has 124 valence electrons. The molecule has 6 heteroatoms. The van der Waals surface area contributed by atoms with Crippen LogP contribution in [0.2, 0.25) is 0 Å². The van der Waals surface area contributed by atoms with E-state index in [2.05, 4.69) is 5.32 Å². The summed E-state index contributed by atoms with van der Waals surface area (Å²) in [4.78, 5) is 27.9. The van der Waals surface area contributed by atoms with Crippen LogP contribution in [-0.2, 0) is 11.2 Å². The van der Waals surface area contributed by atoms with Gasteiger partial charge < -0.3 is 15.1 Å². The highest BCUT2D eigenvalue weighted by Gasteiger charge is 2.34. The summed E-state index contributed by atoms with van der Waals surface area (Å²) in [5, 5.41) is 2.86. The van der Waals surface area contributed by atoms with Gasteiger partial charge in [0.1, 0.15) is 11.9 Å². The molecule has 0 bridgehead atoms. The summed E-state index contributed by atoms with van der Waals surface area (Å²) in [6, 6.07) is 5.96. The van der Waals surface area contributed by atoms with Gasteiger partial charge in [-0.05, 0) is 43.4 Å². The van der Waals surface area contributed by atoms with Gasteiger partial charge in [0.05, 0.1) is 0 Å². The van der Waals surface area contributed by atoms with Gasteiger partial charge >= 0.3 is 6.03 Å². The molecule has 0 aliphatic carbocycles. The van der Waals surface area contributed by atoms with E-state index in [9.17, 15) is 14.0 Å². The minimum atomic E-state index is -0.403. The van der Waals surface area contributed by atoms with Crippen LogP contribution in [0.4, 0.5) is 9.18 Å². The van der Waals surface area contributed by atoms with E-state index in [1.165, 1.54) is 12.1 Å². The Kier molecular flexibility index (Phi) is 4.50. The van der Waals surface area contributed by atoms with Gasteiger partial charge in [-0.15, -0.1) is 0 Å². The van der Waals surface area contributed by atoms with E-state index in [0.717, 1.165) is 18.4 Å². The first kappa shape index (κ1) is 15.8. The first-order valence-corrected chi connectivity index (χ1v) is 8.11. The minimum absolute atomic E-state index is 0.0207. The Balaban J connectivity index is 1.60. The van der Waals surface area contributed by atoms with Crippen molar-refractivity contribution in [3.8, 4) is 0 Å². The van der Waals surface area contributed by atoms with Crippen LogP contribution in [0.5, 0.6) is 0 Å². The molecule has 2 aliphatic rings. The molecule has 23 heavy (non-hydrogen) atoms. The monoisotopic (exact) mass is 319 g/mol. The number of hydrogen-bond donors (Lipinski definition) is 1. The van der Waals surface area contributed by atoms with Gasteiger partial charge in [-0.2, -0.15) is 0 Å². The molecule has 0 spiro atoms. The van der Waals surface area contributed by atoms with Crippen molar-refractivity contribution < 1.29 is 14.0 Å². The Morgan fingerprint density at radius 3 is 2.65 bits per heavy atom. The van der Waals surface area contributed by atoms with Crippen LogP contribution in [-0.4, -0.2) is 54.0 Å². The number of benzene rings is 1. The number of likely N-dealkylation sites (tertiary alicyclic amines) is 2. The molecule has 2 unspecified atom stereocenters. The Hall–Kier alpha value is -2.11. The molecule has 1 N–H and O–H groups in total. The molecule has 2 saturated heterocycles. The van der Waals surface area contributed by atoms with Gasteiger partial charge in [0.2, 0.25) is 5.91 Å². The van der Waals surface area contributed by atoms with E-state index in [-0.39, 0.29) is 23.8 Å². The molecular weight excluding hydrogens is 297 g/mol. The van der Waals surface area contributed by atoms with Crippen molar-refractivity contribution in [1.82, 2.24) is 15.1 Å². The van der Waals surface area contributed by atoms with Crippen molar-refractivity contribution in [2.24, 2.45) is 0 Å². The van der Waals surface area contributed by atoms with Crippen LogP contribution in [0.15, 0.2) is 24.3 Å². The molecule has 0 aromatic heterocycles. The van der Waals surface area contributed by atoms with Crippen molar-refractivity contribution in [1.29, 1.82) is 0 Å². The second-order valence-corrected chi connectivity index (χ2v) is 6.37. The molecule has 0 saturated carbocycles. The maximum atomic E-state index is 13.0. The first-order valence-electron chi connectivity index (χ1n) is 8.11. The van der Waals surface area contributed by atoms with Gasteiger partial charge in [0.15, 0.2) is 0 Å². The largest absolute Gasteiger partial charge is 0.344 e. The molecule has 0 radical (unpaired) electrons. The van der Waals surface area contributed by atoms with Crippen LogP contribution in [0.1, 0.15) is 24.8 Å². The van der Waals surface area contributed by atoms with Crippen molar-refractivity contribution in [3.63, 3.8) is 0 Å². The Bertz CT molecular complexity index is 590. The van der Waals surface area contributed by atoms with Crippen molar-refractivity contribution in [2.75, 3.05) is 20.1 Å². The number of amides is 3. The number of rotatable bonds is 3. The van der Waals surface area contributed by atoms with E-state index in [4.69, 9.17) is 0 Å². The lowest BCUT2D eigenvalue weighted by molar-refractivity contribution is -0.128. The number of nitrogens with zero attached hydrogens (tertiary/aromatic N) is 2. The van der Waals surface area contributed by atoms with Crippen LogP contribution < -0.4 is 5.32 Å². The maximum Gasteiger partial charge on any atom is 0.318 e. The second kappa shape index (κ2) is 6.56. The molecule has 3 amide bonds. The third kappa shape index (κ3) is 3.46. The van der Waals surface area contributed by atoms with Crippen LogP contribution in [0.25, 0.3) is 0 Å². The average Bonchev–Trinajstić information content (AvgIpc) is 3.11. The van der Waals surface area contributed by atoms with Crippen LogP contribution in [0.3, 0.4) is 0 Å². The summed E-state index contributed by atoms with van der Waals surface area (Å²) in [6.45, 7) is 1.39. The Morgan fingerprint density at radius 2 is 2.00 bits per heavy atom. The average molecular weight is 319 g/mol. The summed E-state index contributed by atoms with van der Waals surface area (Å²) in [7, 11) is 1.75. The Morgan fingerprint density at radius 1 is 1.26 bits per heavy atom. The quantitative estimate of drug-likeness (QED) is 0.923. The lowest BCUT2D eigenvalue weighted by atomic mass is 10.0. The second-order valence-electron chi connectivity index (χ2n) is 6.37. The normalized spacial score (nSPS) is 24.3. The molecule has 5 nitrogen and oxygen atoms in total.